The number of anilines is 1. The smallest absolute Gasteiger partial charge is 0.292 e. The number of hydrogen-bond donors (Lipinski definition) is 1. The molecule has 4 rings (SSSR count). The molecule has 1 amide bonds. The van der Waals surface area contributed by atoms with Crippen molar-refractivity contribution in [1.82, 2.24) is 19.6 Å². The van der Waals surface area contributed by atoms with Crippen LogP contribution in [0.2, 0.25) is 0 Å². The van der Waals surface area contributed by atoms with Gasteiger partial charge < -0.3 is 9.73 Å². The zero-order valence-electron chi connectivity index (χ0n) is 16.0. The second-order valence-electron chi connectivity index (χ2n) is 7.36. The molecular weight excluding hydrogens is 342 g/mol. The van der Waals surface area contributed by atoms with Crippen molar-refractivity contribution in [3.05, 3.63) is 52.9 Å². The van der Waals surface area contributed by atoms with Gasteiger partial charge in [-0.2, -0.15) is 10.2 Å². The molecule has 27 heavy (non-hydrogen) atoms. The average Bonchev–Trinajstić information content (AvgIpc) is 3.37. The molecule has 1 aliphatic carbocycles. The quantitative estimate of drug-likeness (QED) is 0.739. The van der Waals surface area contributed by atoms with Gasteiger partial charge >= 0.3 is 0 Å². The van der Waals surface area contributed by atoms with E-state index in [1.54, 1.807) is 6.07 Å². The minimum atomic E-state index is -0.256. The number of hydrogen-bond acceptors (Lipinski definition) is 4. The topological polar surface area (TPSA) is 77.9 Å². The van der Waals surface area contributed by atoms with Crippen molar-refractivity contribution in [2.24, 2.45) is 0 Å². The number of rotatable bonds is 5. The van der Waals surface area contributed by atoms with E-state index < -0.39 is 0 Å². The Morgan fingerprint density at radius 1 is 1.15 bits per heavy atom. The number of amides is 1. The lowest BCUT2D eigenvalue weighted by Gasteiger charge is -2.14. The van der Waals surface area contributed by atoms with Gasteiger partial charge in [0.25, 0.3) is 5.91 Å². The summed E-state index contributed by atoms with van der Waals surface area (Å²) in [5, 5.41) is 12.0. The molecule has 0 aliphatic heterocycles. The molecule has 3 aromatic heterocycles. The van der Waals surface area contributed by atoms with E-state index in [2.05, 4.69) is 15.5 Å². The first kappa shape index (κ1) is 17.6. The van der Waals surface area contributed by atoms with E-state index >= 15 is 0 Å². The summed E-state index contributed by atoms with van der Waals surface area (Å²) in [6, 6.07) is 7.83. The third-order valence-corrected chi connectivity index (χ3v) is 5.06. The molecule has 1 saturated carbocycles. The summed E-state index contributed by atoms with van der Waals surface area (Å²) in [5.41, 5.74) is 2.93. The van der Waals surface area contributed by atoms with Crippen molar-refractivity contribution >= 4 is 11.7 Å². The molecule has 0 bridgehead atoms. The highest BCUT2D eigenvalue weighted by atomic mass is 16.4. The van der Waals surface area contributed by atoms with Crippen molar-refractivity contribution in [2.45, 2.75) is 59.0 Å². The lowest BCUT2D eigenvalue weighted by atomic mass is 10.2. The first-order valence-corrected chi connectivity index (χ1v) is 9.47. The van der Waals surface area contributed by atoms with Gasteiger partial charge in [0, 0.05) is 11.8 Å². The van der Waals surface area contributed by atoms with Crippen LogP contribution >= 0.6 is 0 Å². The minimum Gasteiger partial charge on any atom is -0.454 e. The molecule has 1 N–H and O–H groups in total. The number of carbonyl (C=O) groups excluding carboxylic acids is 1. The predicted molar refractivity (Wildman–Crippen MR) is 102 cm³/mol. The second-order valence-corrected chi connectivity index (χ2v) is 7.36. The van der Waals surface area contributed by atoms with Gasteiger partial charge in [0.15, 0.2) is 5.76 Å². The first-order chi connectivity index (χ1) is 13.0. The molecule has 7 heteroatoms. The largest absolute Gasteiger partial charge is 0.454 e. The Morgan fingerprint density at radius 2 is 1.89 bits per heavy atom. The highest BCUT2D eigenvalue weighted by Crippen LogP contribution is 2.32. The third-order valence-electron chi connectivity index (χ3n) is 5.06. The Balaban J connectivity index is 1.48. The third kappa shape index (κ3) is 3.67. The summed E-state index contributed by atoms with van der Waals surface area (Å²) >= 11 is 0. The van der Waals surface area contributed by atoms with E-state index in [0.29, 0.717) is 24.1 Å². The van der Waals surface area contributed by atoms with Gasteiger partial charge in [-0.1, -0.05) is 12.8 Å². The number of carbonyl (C=O) groups is 1. The average molecular weight is 367 g/mol. The minimum absolute atomic E-state index is 0.256. The molecule has 0 spiro atoms. The van der Waals surface area contributed by atoms with Gasteiger partial charge in [0.2, 0.25) is 0 Å². The number of aromatic nitrogens is 4. The molecule has 0 aromatic carbocycles. The van der Waals surface area contributed by atoms with Gasteiger partial charge in [-0.15, -0.1) is 0 Å². The van der Waals surface area contributed by atoms with E-state index in [1.807, 2.05) is 48.3 Å². The predicted octanol–water partition coefficient (Wildman–Crippen LogP) is 4.01. The maximum Gasteiger partial charge on any atom is 0.292 e. The molecule has 3 aromatic rings. The van der Waals surface area contributed by atoms with Gasteiger partial charge in [0.05, 0.1) is 24.0 Å². The van der Waals surface area contributed by atoms with Crippen LogP contribution in [0.4, 0.5) is 5.82 Å². The van der Waals surface area contributed by atoms with Crippen LogP contribution in [0.1, 0.15) is 65.1 Å². The van der Waals surface area contributed by atoms with E-state index in [1.165, 1.54) is 12.8 Å². The Bertz CT molecular complexity index is 959. The van der Waals surface area contributed by atoms with Gasteiger partial charge in [-0.05, 0) is 51.8 Å². The lowest BCUT2D eigenvalue weighted by molar-refractivity contribution is 0.0993. The van der Waals surface area contributed by atoms with Crippen molar-refractivity contribution < 1.29 is 9.21 Å². The van der Waals surface area contributed by atoms with Crippen LogP contribution in [0, 0.1) is 20.8 Å². The molecule has 1 fully saturated rings. The Morgan fingerprint density at radius 3 is 2.59 bits per heavy atom. The van der Waals surface area contributed by atoms with E-state index in [0.717, 1.165) is 35.7 Å². The van der Waals surface area contributed by atoms with Gasteiger partial charge in [-0.3, -0.25) is 9.48 Å². The molecule has 7 nitrogen and oxygen atoms in total. The SMILES string of the molecule is Cc1cc(C)n(Cc2ccc(C(=O)Nc3cc(C)nn3C3CCCC3)o2)n1. The first-order valence-electron chi connectivity index (χ1n) is 9.47. The standard InChI is InChI=1S/C20H25N5O2/c1-13-10-15(3)24(22-13)12-17-8-9-18(27-17)20(26)21-19-11-14(2)23-25(19)16-6-4-5-7-16/h8-11,16H,4-7,12H2,1-3H3,(H,21,26). The summed E-state index contributed by atoms with van der Waals surface area (Å²) < 4.78 is 9.58. The number of nitrogens with one attached hydrogen (secondary N) is 1. The summed E-state index contributed by atoms with van der Waals surface area (Å²) in [4.78, 5) is 12.7. The van der Waals surface area contributed by atoms with Gasteiger partial charge in [-0.25, -0.2) is 4.68 Å². The van der Waals surface area contributed by atoms with Crippen molar-refractivity contribution in [3.8, 4) is 0 Å². The van der Waals surface area contributed by atoms with Crippen LogP contribution in [-0.2, 0) is 6.54 Å². The van der Waals surface area contributed by atoms with Crippen LogP contribution in [0.25, 0.3) is 0 Å². The maximum atomic E-state index is 12.7. The van der Waals surface area contributed by atoms with E-state index in [9.17, 15) is 4.79 Å². The molecule has 3 heterocycles. The van der Waals surface area contributed by atoms with Crippen molar-refractivity contribution in [2.75, 3.05) is 5.32 Å². The fraction of sp³-hybridized carbons (Fsp3) is 0.450. The van der Waals surface area contributed by atoms with Crippen molar-refractivity contribution in [1.29, 1.82) is 0 Å². The molecule has 0 unspecified atom stereocenters. The van der Waals surface area contributed by atoms with Crippen LogP contribution in [0.3, 0.4) is 0 Å². The Labute approximate surface area is 158 Å². The number of furan rings is 1. The summed E-state index contributed by atoms with van der Waals surface area (Å²) in [6.45, 7) is 6.41. The van der Waals surface area contributed by atoms with Gasteiger partial charge in [0.1, 0.15) is 11.6 Å². The Kier molecular flexibility index (Phi) is 4.59. The molecule has 0 radical (unpaired) electrons. The molecule has 0 saturated heterocycles. The zero-order chi connectivity index (χ0) is 19.0. The fourth-order valence-electron chi connectivity index (χ4n) is 3.78. The highest BCUT2D eigenvalue weighted by molar-refractivity contribution is 6.01. The van der Waals surface area contributed by atoms with Crippen molar-refractivity contribution in [3.63, 3.8) is 0 Å². The highest BCUT2D eigenvalue weighted by Gasteiger charge is 2.22. The summed E-state index contributed by atoms with van der Waals surface area (Å²) in [7, 11) is 0. The molecular formula is C20H25N5O2. The maximum absolute atomic E-state index is 12.7. The monoisotopic (exact) mass is 367 g/mol. The normalized spacial score (nSPS) is 14.8. The number of nitrogens with zero attached hydrogens (tertiary/aromatic N) is 4. The van der Waals surface area contributed by atoms with Crippen LogP contribution in [0.5, 0.6) is 0 Å². The number of aryl methyl sites for hydroxylation is 3. The molecule has 142 valence electrons. The Hall–Kier alpha value is -2.83. The molecule has 1 aliphatic rings. The van der Waals surface area contributed by atoms with E-state index in [-0.39, 0.29) is 5.91 Å². The summed E-state index contributed by atoms with van der Waals surface area (Å²) in [5.74, 6) is 1.48. The summed E-state index contributed by atoms with van der Waals surface area (Å²) in [6.07, 6.45) is 4.64. The van der Waals surface area contributed by atoms with E-state index in [4.69, 9.17) is 4.42 Å². The lowest BCUT2D eigenvalue weighted by Crippen LogP contribution is -2.17. The van der Waals surface area contributed by atoms with Crippen LogP contribution in [-0.4, -0.2) is 25.5 Å². The second kappa shape index (κ2) is 7.06. The van der Waals surface area contributed by atoms with Crippen LogP contribution < -0.4 is 5.32 Å². The van der Waals surface area contributed by atoms with Crippen LogP contribution in [0.15, 0.2) is 28.7 Å². The zero-order valence-corrected chi connectivity index (χ0v) is 16.0. The molecule has 0 atom stereocenters. The fourth-order valence-corrected chi connectivity index (χ4v) is 3.78.